The van der Waals surface area contributed by atoms with E-state index in [1.165, 1.54) is 0 Å². The quantitative estimate of drug-likeness (QED) is 0.245. The number of benzene rings is 3. The predicted molar refractivity (Wildman–Crippen MR) is 151 cm³/mol. The Hall–Kier alpha value is -2.99. The number of piperidine rings is 1. The van der Waals surface area contributed by atoms with E-state index in [9.17, 15) is 11.6 Å². The molecule has 4 rings (SSSR count). The summed E-state index contributed by atoms with van der Waals surface area (Å²) in [4.78, 5) is 11.8. The lowest BCUT2D eigenvalue weighted by atomic mass is 9.72. The Kier molecular flexibility index (Phi) is 2.20. The van der Waals surface area contributed by atoms with Crippen LogP contribution in [0.2, 0.25) is 0 Å². The average molecular weight is 555 g/mol. The minimum absolute atomic E-state index is 1.34. The van der Waals surface area contributed by atoms with Crippen LogP contribution in [0.25, 0.3) is 1.43 Å². The largest absolute Gasteiger partial charge is 0.481 e. The van der Waals surface area contributed by atoms with Crippen LogP contribution in [-0.2, 0) is 15.8 Å². The van der Waals surface area contributed by atoms with Crippen LogP contribution in [0.1, 0.15) is 123 Å². The molecule has 0 aromatic heterocycles. The van der Waals surface area contributed by atoms with Crippen LogP contribution in [0.5, 0.6) is 0 Å². The first-order valence-electron chi connectivity index (χ1n) is 29.4. The Bertz CT molecular complexity index is 2710. The van der Waals surface area contributed by atoms with E-state index in [1.807, 2.05) is 0 Å². The molecule has 1 heterocycles. The number of rotatable bonds is 13. The second-order valence-electron chi connectivity index (χ2n) is 7.18. The van der Waals surface area contributed by atoms with E-state index >= 15 is 0 Å². The number of hydrogen-bond acceptors (Lipinski definition) is 5. The van der Waals surface area contributed by atoms with E-state index in [2.05, 4.69) is 10.2 Å². The molecule has 1 aliphatic rings. The Morgan fingerprint density at radius 3 is 2.29 bits per heavy atom. The van der Waals surface area contributed by atoms with Gasteiger partial charge in [-0.1, -0.05) is 91.4 Å². The molecule has 1 aliphatic heterocycles. The third-order valence-electron chi connectivity index (χ3n) is 4.88. The van der Waals surface area contributed by atoms with Gasteiger partial charge < -0.3 is 20.2 Å². The van der Waals surface area contributed by atoms with Crippen molar-refractivity contribution in [2.24, 2.45) is 5.89 Å². The summed E-state index contributed by atoms with van der Waals surface area (Å²) in [5, 5.41) is 12.7. The molecule has 2 atom stereocenters. The zero-order chi connectivity index (χ0) is 60.9. The van der Waals surface area contributed by atoms with Crippen LogP contribution in [0.15, 0.2) is 84.6 Å². The van der Waals surface area contributed by atoms with Crippen LogP contribution in [0.4, 0.5) is 0 Å². The summed E-state index contributed by atoms with van der Waals surface area (Å²) in [5.41, 5.74) is -16.2. The topological polar surface area (TPSA) is 81.0 Å². The maximum Gasteiger partial charge on any atom is 0.313 e. The molecule has 0 spiro atoms. The molecular formula is C33H41NO4. The van der Waals surface area contributed by atoms with Gasteiger partial charge in [0.1, 0.15) is 5.60 Å². The zero-order valence-corrected chi connectivity index (χ0v) is 18.8. The van der Waals surface area contributed by atoms with Crippen molar-refractivity contribution >= 4 is 5.97 Å². The van der Waals surface area contributed by atoms with Gasteiger partial charge in [-0.05, 0) is 86.4 Å². The van der Waals surface area contributed by atoms with Crippen molar-refractivity contribution in [2.75, 3.05) is 19.5 Å². The minimum Gasteiger partial charge on any atom is -0.481 e. The molecule has 1 fully saturated rings. The van der Waals surface area contributed by atoms with Crippen molar-refractivity contribution in [3.05, 3.63) is 107 Å². The summed E-state index contributed by atoms with van der Waals surface area (Å²) in [5.74, 6) is -7.50. The summed E-state index contributed by atoms with van der Waals surface area (Å²) in [6.45, 7) is -23.3. The van der Waals surface area contributed by atoms with E-state index < -0.39 is 206 Å². The van der Waals surface area contributed by atoms with Crippen LogP contribution in [0, 0.1) is 5.89 Å². The summed E-state index contributed by atoms with van der Waals surface area (Å²) in [7, 11) is 0. The Labute approximate surface area is 281 Å². The zero-order valence-electron chi connectivity index (χ0n) is 57.8. The van der Waals surface area contributed by atoms with Crippen LogP contribution in [-0.4, -0.2) is 48.5 Å². The van der Waals surface area contributed by atoms with Gasteiger partial charge >= 0.3 is 5.97 Å². The standard InChI is InChI=1S/C33H41NO4/c1-3-32(2,31(36)37)26-18-16-25(17-19-26)30(35)15-10-22-34-23-20-29(21-24-34)33(38,27-11-6-4-7-12-27)28-13-8-5-9-14-28/h4-9,11-14,16-19,29-30,35,38H,3,10,15,20-24H2,1-2H3,(H,36,37)/i1D3,2D3,4D,5D,6D,7D,8D,9D,10D2,11D,12D,13D,14D,15D2,16D,17D,18D,19D,20D2,21D2,22D2,23D2,24D2,29D,30D,35D,38D/hD. The van der Waals surface area contributed by atoms with Crippen LogP contribution >= 0.6 is 0 Å². The number of aliphatic carboxylic acids is 1. The Morgan fingerprint density at radius 2 is 1.76 bits per heavy atom. The summed E-state index contributed by atoms with van der Waals surface area (Å²) >= 11 is 0. The van der Waals surface area contributed by atoms with E-state index in [1.54, 1.807) is 0 Å². The van der Waals surface area contributed by atoms with Crippen LogP contribution in [0.3, 0.4) is 0 Å². The van der Waals surface area contributed by atoms with Crippen molar-refractivity contribution in [1.29, 1.82) is 4.29 Å². The number of carboxylic acids is 1. The number of likely N-dealkylation sites (tertiary alicyclic amines) is 1. The van der Waals surface area contributed by atoms with Crippen LogP contribution < -0.4 is 0 Å². The van der Waals surface area contributed by atoms with Gasteiger partial charge in [0.15, 0.2) is 0 Å². The first-order chi connectivity index (χ1) is 34.2. The smallest absolute Gasteiger partial charge is 0.313 e. The Balaban J connectivity index is 2.25. The van der Waals surface area contributed by atoms with Gasteiger partial charge in [0, 0.05) is 28.8 Å². The normalized spacial score (nSPS) is 41.0. The average Bonchev–Trinajstić information content (AvgIpc) is 3.29. The number of carboxylic acid groups (broad SMARTS) is 1. The van der Waals surface area contributed by atoms with Crippen molar-refractivity contribution in [3.8, 4) is 0 Å². The highest BCUT2D eigenvalue weighted by Crippen LogP contribution is 2.42. The molecule has 5 nitrogen and oxygen atoms in total. The molecule has 0 bridgehead atoms. The fraction of sp³-hybridized carbons (Fsp3) is 0.424. The monoisotopic (exact) mass is 555 g/mol. The molecule has 3 N–H and O–H groups in total. The SMILES string of the molecule is [2H]OC(=O)C(CC([2H])([2H])[2H])(c1c([2H])c([2H])c(C([2H])(O[2H])C([2H])([2H])C([2H])([2H])C([2H])([2H])N2C([2H])([2H])C([2H])([2H])C([2H])(C(O[2H])(c3c([2H])c([2H])c([2H])c([2H])c3[2H])c3c([2H])c([2H])c([2H])c([2H])c3[2H])C([2H])([2H])C2([2H])[2H])c([2H])c1[2H])C([2H])([2H])[2H]. The van der Waals surface area contributed by atoms with Gasteiger partial charge in [-0.2, -0.15) is 0 Å². The molecule has 3 aromatic rings. The first-order valence-corrected chi connectivity index (χ1v) is 10.2. The van der Waals surface area contributed by atoms with Gasteiger partial charge in [-0.25, -0.2) is 0 Å². The van der Waals surface area contributed by atoms with Gasteiger partial charge in [0.25, 0.3) is 1.43 Å². The molecule has 2 unspecified atom stereocenters. The van der Waals surface area contributed by atoms with E-state index in [-0.39, 0.29) is 0 Å². The molecule has 1 saturated heterocycles. The van der Waals surface area contributed by atoms with Gasteiger partial charge in [-0.15, -0.1) is 0 Å². The van der Waals surface area contributed by atoms with E-state index in [4.69, 9.17) is 51.9 Å². The molecule has 0 radical (unpaired) electrons. The van der Waals surface area contributed by atoms with Crippen molar-refractivity contribution < 1.29 is 69.5 Å². The molecule has 0 amide bonds. The molecule has 38 heavy (non-hydrogen) atoms. The van der Waals surface area contributed by atoms with Gasteiger partial charge in [0.05, 0.1) is 32.1 Å². The predicted octanol–water partition coefficient (Wildman–Crippen LogP) is 5.90. The van der Waals surface area contributed by atoms with E-state index in [0.29, 0.717) is 0 Å². The fourth-order valence-corrected chi connectivity index (χ4v) is 2.85. The summed E-state index contributed by atoms with van der Waals surface area (Å²) in [6, 6.07) is -23.6. The highest BCUT2D eigenvalue weighted by Gasteiger charge is 2.41. The number of nitrogens with zero attached hydrogens (tertiary/aromatic N) is 1. The fourth-order valence-electron chi connectivity index (χ4n) is 2.85. The molecule has 0 aliphatic carbocycles. The number of carbonyl (C=O) groups is 1. The lowest BCUT2D eigenvalue weighted by Gasteiger charge is -2.42. The van der Waals surface area contributed by atoms with Gasteiger partial charge in [-0.3, -0.25) is 4.79 Å². The van der Waals surface area contributed by atoms with Crippen molar-refractivity contribution in [1.82, 2.24) is 4.90 Å². The highest BCUT2D eigenvalue weighted by atomic mass is 16.4. The van der Waals surface area contributed by atoms with Crippen molar-refractivity contribution in [3.63, 3.8) is 0 Å². The lowest BCUT2D eigenvalue weighted by molar-refractivity contribution is -0.143. The molecule has 3 aromatic carbocycles. The maximum atomic E-state index is 13.2. The minimum atomic E-state index is -5.28. The third-order valence-corrected chi connectivity index (χ3v) is 4.88. The number of aliphatic hydroxyl groups is 2. The lowest BCUT2D eigenvalue weighted by Crippen LogP contribution is -2.44. The van der Waals surface area contributed by atoms with Crippen molar-refractivity contribution in [2.45, 2.75) is 62.7 Å². The molecule has 5 heteroatoms. The maximum absolute atomic E-state index is 13.2. The number of hydrogen-bond donors (Lipinski definition) is 3. The second kappa shape index (κ2) is 12.2. The molecular weight excluding hydrogens is 474 g/mol. The Morgan fingerprint density at radius 1 is 1.11 bits per heavy atom. The molecule has 0 saturated carbocycles. The van der Waals surface area contributed by atoms with E-state index in [0.717, 1.165) is 0 Å². The summed E-state index contributed by atoms with van der Waals surface area (Å²) in [6.07, 6.45) is -27.4. The highest BCUT2D eigenvalue weighted by molar-refractivity contribution is 5.80. The second-order valence-corrected chi connectivity index (χ2v) is 7.18. The van der Waals surface area contributed by atoms with Gasteiger partial charge in [0.2, 0.25) is 2.86 Å². The third kappa shape index (κ3) is 5.85. The molecule has 202 valence electrons. The summed E-state index contributed by atoms with van der Waals surface area (Å²) < 4.78 is 337. The first kappa shape index (κ1) is 6.83.